The van der Waals surface area contributed by atoms with E-state index < -0.39 is 0 Å². The number of anilines is 1. The van der Waals surface area contributed by atoms with Crippen LogP contribution in [0.4, 0.5) is 5.88 Å². The first-order valence-electron chi connectivity index (χ1n) is 3.90. The molecule has 0 saturated carbocycles. The predicted octanol–water partition coefficient (Wildman–Crippen LogP) is 1.94. The highest BCUT2D eigenvalue weighted by atomic mass is 16.5. The van der Waals surface area contributed by atoms with Gasteiger partial charge in [0.05, 0.1) is 5.69 Å². The Morgan fingerprint density at radius 1 is 1.55 bits per heavy atom. The lowest BCUT2D eigenvalue weighted by Gasteiger charge is -2.02. The smallest absolute Gasteiger partial charge is 0.225 e. The van der Waals surface area contributed by atoms with E-state index in [1.165, 1.54) is 0 Å². The van der Waals surface area contributed by atoms with Crippen molar-refractivity contribution in [1.82, 2.24) is 5.16 Å². The third-order valence-electron chi connectivity index (χ3n) is 1.74. The Morgan fingerprint density at radius 2 is 2.18 bits per heavy atom. The maximum Gasteiger partial charge on any atom is 0.225 e. The topological polar surface area (TPSA) is 52.0 Å². The van der Waals surface area contributed by atoms with Crippen LogP contribution < -0.4 is 5.73 Å². The van der Waals surface area contributed by atoms with Crippen molar-refractivity contribution in [3.63, 3.8) is 0 Å². The minimum Gasteiger partial charge on any atom is -0.367 e. The third kappa shape index (κ3) is 1.37. The molecule has 11 heavy (non-hydrogen) atoms. The second kappa shape index (κ2) is 2.95. The highest BCUT2D eigenvalue weighted by Gasteiger charge is 2.14. The Balaban J connectivity index is 3.07. The van der Waals surface area contributed by atoms with Gasteiger partial charge in [-0.05, 0) is 12.3 Å². The van der Waals surface area contributed by atoms with Gasteiger partial charge < -0.3 is 10.3 Å². The summed E-state index contributed by atoms with van der Waals surface area (Å²) in [6, 6.07) is 0. The van der Waals surface area contributed by atoms with Crippen LogP contribution in [0.15, 0.2) is 4.52 Å². The average molecular weight is 154 g/mol. The van der Waals surface area contributed by atoms with Gasteiger partial charge in [0, 0.05) is 5.56 Å². The van der Waals surface area contributed by atoms with Crippen LogP contribution in [0.3, 0.4) is 0 Å². The van der Waals surface area contributed by atoms with Gasteiger partial charge >= 0.3 is 0 Å². The summed E-state index contributed by atoms with van der Waals surface area (Å²) in [6.45, 7) is 6.22. The summed E-state index contributed by atoms with van der Waals surface area (Å²) in [5, 5.41) is 3.86. The largest absolute Gasteiger partial charge is 0.367 e. The maximum absolute atomic E-state index is 5.59. The Morgan fingerprint density at radius 3 is 2.55 bits per heavy atom. The highest BCUT2D eigenvalue weighted by Crippen LogP contribution is 2.25. The summed E-state index contributed by atoms with van der Waals surface area (Å²) in [5.74, 6) is 0.869. The fourth-order valence-corrected chi connectivity index (χ4v) is 1.22. The van der Waals surface area contributed by atoms with Crippen molar-refractivity contribution >= 4 is 5.88 Å². The standard InChI is InChI=1S/C8H14N2O/c1-4-6-7(5(2)3)8(9)11-10-6/h5H,4,9H2,1-3H3. The van der Waals surface area contributed by atoms with Crippen molar-refractivity contribution in [2.75, 3.05) is 5.73 Å². The number of hydrogen-bond acceptors (Lipinski definition) is 3. The van der Waals surface area contributed by atoms with Crippen LogP contribution in [-0.2, 0) is 6.42 Å². The van der Waals surface area contributed by atoms with E-state index in [2.05, 4.69) is 19.0 Å². The van der Waals surface area contributed by atoms with Crippen LogP contribution in [0.1, 0.15) is 37.9 Å². The van der Waals surface area contributed by atoms with Crippen molar-refractivity contribution < 1.29 is 4.52 Å². The second-order valence-electron chi connectivity index (χ2n) is 2.92. The molecular weight excluding hydrogens is 140 g/mol. The van der Waals surface area contributed by atoms with Crippen molar-refractivity contribution in [2.45, 2.75) is 33.1 Å². The zero-order valence-corrected chi connectivity index (χ0v) is 7.22. The number of nitrogens with zero attached hydrogens (tertiary/aromatic N) is 1. The molecule has 1 aromatic heterocycles. The SMILES string of the molecule is CCc1noc(N)c1C(C)C. The van der Waals surface area contributed by atoms with E-state index in [9.17, 15) is 0 Å². The van der Waals surface area contributed by atoms with E-state index in [1.807, 2.05) is 6.92 Å². The molecule has 0 saturated heterocycles. The van der Waals surface area contributed by atoms with Crippen molar-refractivity contribution in [3.8, 4) is 0 Å². The van der Waals surface area contributed by atoms with Gasteiger partial charge in [0.15, 0.2) is 0 Å². The number of aryl methyl sites for hydroxylation is 1. The van der Waals surface area contributed by atoms with E-state index in [4.69, 9.17) is 10.3 Å². The first kappa shape index (κ1) is 8.11. The van der Waals surface area contributed by atoms with E-state index in [1.54, 1.807) is 0 Å². The molecule has 0 bridgehead atoms. The summed E-state index contributed by atoms with van der Waals surface area (Å²) in [7, 11) is 0. The van der Waals surface area contributed by atoms with Gasteiger partial charge in [-0.25, -0.2) is 0 Å². The summed E-state index contributed by atoms with van der Waals surface area (Å²) in [5.41, 5.74) is 7.64. The molecule has 0 atom stereocenters. The Bertz CT molecular complexity index is 240. The van der Waals surface area contributed by atoms with Crippen LogP contribution in [-0.4, -0.2) is 5.16 Å². The summed E-state index contributed by atoms with van der Waals surface area (Å²) < 4.78 is 4.88. The first-order chi connectivity index (χ1) is 5.16. The Kier molecular flexibility index (Phi) is 2.17. The van der Waals surface area contributed by atoms with Crippen molar-refractivity contribution in [2.24, 2.45) is 0 Å². The molecule has 0 aliphatic rings. The number of rotatable bonds is 2. The van der Waals surface area contributed by atoms with Crippen LogP contribution >= 0.6 is 0 Å². The number of hydrogen-bond donors (Lipinski definition) is 1. The minimum atomic E-state index is 0.399. The minimum absolute atomic E-state index is 0.399. The van der Waals surface area contributed by atoms with Gasteiger partial charge in [0.2, 0.25) is 5.88 Å². The van der Waals surface area contributed by atoms with E-state index >= 15 is 0 Å². The molecule has 2 N–H and O–H groups in total. The van der Waals surface area contributed by atoms with Gasteiger partial charge in [-0.3, -0.25) is 0 Å². The molecule has 0 fully saturated rings. The Labute approximate surface area is 66.6 Å². The molecule has 0 aliphatic heterocycles. The molecule has 3 nitrogen and oxygen atoms in total. The Hall–Kier alpha value is -0.990. The number of aromatic nitrogens is 1. The number of nitrogens with two attached hydrogens (primary N) is 1. The lowest BCUT2D eigenvalue weighted by Crippen LogP contribution is -1.95. The lowest BCUT2D eigenvalue weighted by molar-refractivity contribution is 0.428. The van der Waals surface area contributed by atoms with E-state index in [0.717, 1.165) is 17.7 Å². The van der Waals surface area contributed by atoms with Crippen LogP contribution in [0.2, 0.25) is 0 Å². The fourth-order valence-electron chi connectivity index (χ4n) is 1.22. The normalized spacial score (nSPS) is 10.9. The zero-order valence-electron chi connectivity index (χ0n) is 7.22. The van der Waals surface area contributed by atoms with Gasteiger partial charge in [-0.1, -0.05) is 25.9 Å². The lowest BCUT2D eigenvalue weighted by atomic mass is 10.0. The second-order valence-corrected chi connectivity index (χ2v) is 2.92. The van der Waals surface area contributed by atoms with Gasteiger partial charge in [-0.15, -0.1) is 0 Å². The molecule has 0 spiro atoms. The molecule has 0 radical (unpaired) electrons. The summed E-state index contributed by atoms with van der Waals surface area (Å²) in [6.07, 6.45) is 0.883. The molecule has 1 heterocycles. The third-order valence-corrected chi connectivity index (χ3v) is 1.74. The molecule has 0 amide bonds. The monoisotopic (exact) mass is 154 g/mol. The molecule has 1 rings (SSSR count). The molecule has 62 valence electrons. The van der Waals surface area contributed by atoms with Crippen LogP contribution in [0, 0.1) is 0 Å². The van der Waals surface area contributed by atoms with Crippen molar-refractivity contribution in [3.05, 3.63) is 11.3 Å². The van der Waals surface area contributed by atoms with Gasteiger partial charge in [0.25, 0.3) is 0 Å². The van der Waals surface area contributed by atoms with Crippen LogP contribution in [0.25, 0.3) is 0 Å². The highest BCUT2D eigenvalue weighted by molar-refractivity contribution is 5.41. The number of nitrogen functional groups attached to an aromatic ring is 1. The zero-order chi connectivity index (χ0) is 8.43. The van der Waals surface area contributed by atoms with Gasteiger partial charge in [-0.2, -0.15) is 0 Å². The summed E-state index contributed by atoms with van der Waals surface area (Å²) >= 11 is 0. The molecule has 0 aromatic carbocycles. The molecular formula is C8H14N2O. The van der Waals surface area contributed by atoms with Gasteiger partial charge in [0.1, 0.15) is 0 Å². The van der Waals surface area contributed by atoms with Crippen molar-refractivity contribution in [1.29, 1.82) is 0 Å². The molecule has 0 unspecified atom stereocenters. The van der Waals surface area contributed by atoms with E-state index in [-0.39, 0.29) is 0 Å². The van der Waals surface area contributed by atoms with Crippen LogP contribution in [0.5, 0.6) is 0 Å². The first-order valence-corrected chi connectivity index (χ1v) is 3.90. The quantitative estimate of drug-likeness (QED) is 0.708. The van der Waals surface area contributed by atoms with E-state index in [0.29, 0.717) is 11.8 Å². The molecule has 0 aliphatic carbocycles. The average Bonchev–Trinajstić information content (AvgIpc) is 2.30. The predicted molar refractivity (Wildman–Crippen MR) is 44.4 cm³/mol. The molecule has 3 heteroatoms. The maximum atomic E-state index is 5.59. The fraction of sp³-hybridized carbons (Fsp3) is 0.625. The molecule has 1 aromatic rings. The summed E-state index contributed by atoms with van der Waals surface area (Å²) in [4.78, 5) is 0.